The number of rotatable bonds is 19. The minimum atomic E-state index is -0.931. The van der Waals surface area contributed by atoms with Gasteiger partial charge in [-0.15, -0.1) is 11.3 Å². The number of piperidine rings is 1. The maximum atomic E-state index is 14.5. The number of likely N-dealkylation sites (N-methyl/N-ethyl adjacent to an activating group) is 2. The van der Waals surface area contributed by atoms with Gasteiger partial charge in [-0.2, -0.15) is 0 Å². The number of halogens is 1. The number of thiazole rings is 1. The zero-order chi connectivity index (χ0) is 47.2. The number of hydrogen-bond acceptors (Lipinski definition) is 14. The quantitative estimate of drug-likeness (QED) is 0.0459. The average molecular weight is 957 g/mol. The number of carbonyl (C=O) groups is 6. The first-order valence-electron chi connectivity index (χ1n) is 22.0. The Kier molecular flexibility index (Phi) is 19.4. The molecule has 2 aliphatic rings. The number of fused-ring (bicyclic) bond motifs is 1. The molecule has 4 N–H and O–H groups in total. The molecule has 0 bridgehead atoms. The molecule has 65 heavy (non-hydrogen) atoms. The molecule has 3 aromatic rings. The van der Waals surface area contributed by atoms with E-state index < -0.39 is 59.8 Å². The fraction of sp³-hybridized carbons (Fsp3) is 0.556. The van der Waals surface area contributed by atoms with E-state index in [1.54, 1.807) is 29.6 Å². The molecule has 2 aromatic heterocycles. The van der Waals surface area contributed by atoms with Crippen LogP contribution < -0.4 is 21.5 Å². The maximum absolute atomic E-state index is 14.5. The minimum absolute atomic E-state index is 0.0619. The maximum Gasteiger partial charge on any atom is 0.426 e. The molecule has 7 unspecified atom stereocenters. The van der Waals surface area contributed by atoms with E-state index in [4.69, 9.17) is 9.47 Å². The second-order valence-corrected chi connectivity index (χ2v) is 20.2. The van der Waals surface area contributed by atoms with Gasteiger partial charge in [0.15, 0.2) is 6.10 Å². The third kappa shape index (κ3) is 14.6. The highest BCUT2D eigenvalue weighted by Crippen LogP contribution is 2.34. The summed E-state index contributed by atoms with van der Waals surface area (Å²) in [5, 5.41) is 8.76. The molecule has 1 saturated heterocycles. The molecule has 3 heterocycles. The SMILES string of the molecule is CCC(C)C(NC(=O)C1CCCCN1C)C(=O)N(C)C(CC(OC(C)=O)c1nc(C(=O)NC2Cc3ccc(F)cc3C(C(=O)NNC(=O)OCCSSc3ccccn3)C2)cs1)C(C)C. The van der Waals surface area contributed by atoms with Crippen LogP contribution in [0.4, 0.5) is 9.18 Å². The van der Waals surface area contributed by atoms with Crippen molar-refractivity contribution in [2.24, 2.45) is 11.8 Å². The zero-order valence-corrected chi connectivity index (χ0v) is 40.4. The third-order valence-electron chi connectivity index (χ3n) is 11.8. The summed E-state index contributed by atoms with van der Waals surface area (Å²) in [5.74, 6) is -3.35. The molecule has 0 spiro atoms. The van der Waals surface area contributed by atoms with Crippen molar-refractivity contribution >= 4 is 68.6 Å². The molecular formula is C45H61FN8O8S3. The van der Waals surface area contributed by atoms with Crippen LogP contribution in [0.5, 0.6) is 0 Å². The molecular weight excluding hydrogens is 896 g/mol. The summed E-state index contributed by atoms with van der Waals surface area (Å²) < 4.78 is 25.4. The van der Waals surface area contributed by atoms with Gasteiger partial charge >= 0.3 is 12.1 Å². The number of amides is 5. The van der Waals surface area contributed by atoms with Gasteiger partial charge in [0.05, 0.1) is 12.0 Å². The molecule has 1 aliphatic heterocycles. The van der Waals surface area contributed by atoms with Crippen molar-refractivity contribution in [1.82, 2.24) is 41.3 Å². The summed E-state index contributed by atoms with van der Waals surface area (Å²) in [5.41, 5.74) is 5.78. The number of likely N-dealkylation sites (tertiary alicyclic amines) is 1. The van der Waals surface area contributed by atoms with Gasteiger partial charge in [0.25, 0.3) is 5.91 Å². The van der Waals surface area contributed by atoms with Gasteiger partial charge in [-0.25, -0.2) is 24.6 Å². The van der Waals surface area contributed by atoms with Gasteiger partial charge < -0.3 is 25.0 Å². The minimum Gasteiger partial charge on any atom is -0.455 e. The Bertz CT molecular complexity index is 2120. The molecule has 0 saturated carbocycles. The highest BCUT2D eigenvalue weighted by atomic mass is 33.1. The number of benzene rings is 1. The Labute approximate surface area is 392 Å². The van der Waals surface area contributed by atoms with Crippen molar-refractivity contribution in [3.8, 4) is 0 Å². The predicted octanol–water partition coefficient (Wildman–Crippen LogP) is 6.20. The Hall–Kier alpha value is -4.79. The van der Waals surface area contributed by atoms with E-state index in [0.717, 1.165) is 42.2 Å². The molecule has 0 radical (unpaired) electrons. The van der Waals surface area contributed by atoms with Crippen molar-refractivity contribution in [3.05, 3.63) is 75.6 Å². The number of ether oxygens (including phenoxy) is 2. The van der Waals surface area contributed by atoms with Crippen LogP contribution in [0.15, 0.2) is 53.0 Å². The van der Waals surface area contributed by atoms with Gasteiger partial charge in [-0.1, -0.05) is 63.5 Å². The van der Waals surface area contributed by atoms with E-state index in [-0.39, 0.29) is 54.8 Å². The fourth-order valence-electron chi connectivity index (χ4n) is 8.11. The number of hydrogen-bond donors (Lipinski definition) is 4. The lowest BCUT2D eigenvalue weighted by atomic mass is 9.79. The van der Waals surface area contributed by atoms with Gasteiger partial charge in [-0.3, -0.25) is 34.3 Å². The molecule has 5 amide bonds. The Morgan fingerprint density at radius 3 is 2.54 bits per heavy atom. The Balaban J connectivity index is 1.22. The number of nitrogens with zero attached hydrogens (tertiary/aromatic N) is 4. The van der Waals surface area contributed by atoms with E-state index in [1.807, 2.05) is 57.8 Å². The van der Waals surface area contributed by atoms with Crippen LogP contribution in [0, 0.1) is 17.7 Å². The van der Waals surface area contributed by atoms with Crippen LogP contribution in [0.1, 0.15) is 112 Å². The molecule has 5 rings (SSSR count). The molecule has 1 aliphatic carbocycles. The van der Waals surface area contributed by atoms with Crippen molar-refractivity contribution in [2.75, 3.05) is 33.0 Å². The first-order valence-corrected chi connectivity index (χ1v) is 25.2. The highest BCUT2D eigenvalue weighted by molar-refractivity contribution is 8.76. The largest absolute Gasteiger partial charge is 0.455 e. The van der Waals surface area contributed by atoms with Gasteiger partial charge in [0.2, 0.25) is 17.7 Å². The number of aromatic nitrogens is 2. The molecule has 16 nitrogen and oxygen atoms in total. The number of hydrazine groups is 1. The first-order chi connectivity index (χ1) is 31.1. The molecule has 7 atom stereocenters. The van der Waals surface area contributed by atoms with Crippen LogP contribution in [0.25, 0.3) is 0 Å². The van der Waals surface area contributed by atoms with Crippen LogP contribution in [-0.4, -0.2) is 113 Å². The van der Waals surface area contributed by atoms with E-state index in [9.17, 15) is 33.2 Å². The third-order valence-corrected chi connectivity index (χ3v) is 15.0. The lowest BCUT2D eigenvalue weighted by Crippen LogP contribution is -2.58. The second-order valence-electron chi connectivity index (χ2n) is 16.9. The number of carbonyl (C=O) groups excluding carboxylic acids is 6. The highest BCUT2D eigenvalue weighted by Gasteiger charge is 2.38. The van der Waals surface area contributed by atoms with E-state index >= 15 is 0 Å². The normalized spacial score (nSPS) is 19.1. The van der Waals surface area contributed by atoms with Gasteiger partial charge in [0.1, 0.15) is 34.2 Å². The topological polar surface area (TPSA) is 201 Å². The standard InChI is InChI=1S/C45H61FN8O8S3/c1-8-27(4)39(50-42(58)35-13-10-12-18-53(35)6)44(59)54(7)36(26(2)3)24-37(62-28(5)55)43-49-34(25-63-43)41(57)48-31-21-29-15-16-30(46)22-32(29)33(23-31)40(56)51-52-45(60)61-19-20-64-65-38-14-9-11-17-47-38/h9,11,14-17,22,25-27,31,33,35-37,39H,8,10,12-13,18-21,23-24H2,1-7H3,(H,48,57)(H,50,58)(H,51,56)(H,52,60). The molecule has 1 aromatic carbocycles. The van der Waals surface area contributed by atoms with E-state index in [2.05, 4.69) is 31.5 Å². The number of pyridine rings is 1. The molecule has 1 fully saturated rings. The summed E-state index contributed by atoms with van der Waals surface area (Å²) in [6.45, 7) is 10.0. The van der Waals surface area contributed by atoms with Crippen molar-refractivity contribution in [1.29, 1.82) is 0 Å². The number of nitrogens with one attached hydrogen (secondary N) is 4. The van der Waals surface area contributed by atoms with Crippen LogP contribution in [0.2, 0.25) is 0 Å². The van der Waals surface area contributed by atoms with E-state index in [1.165, 1.54) is 40.6 Å². The summed E-state index contributed by atoms with van der Waals surface area (Å²) in [7, 11) is 6.52. The van der Waals surface area contributed by atoms with Crippen molar-refractivity contribution < 1.29 is 42.6 Å². The Morgan fingerprint density at radius 2 is 1.85 bits per heavy atom. The Morgan fingerprint density at radius 1 is 1.06 bits per heavy atom. The summed E-state index contributed by atoms with van der Waals surface area (Å²) in [6.07, 6.45) is 3.85. The zero-order valence-electron chi connectivity index (χ0n) is 38.0. The smallest absolute Gasteiger partial charge is 0.426 e. The lowest BCUT2D eigenvalue weighted by molar-refractivity contribution is -0.149. The summed E-state index contributed by atoms with van der Waals surface area (Å²) in [6, 6.07) is 7.60. The van der Waals surface area contributed by atoms with Crippen LogP contribution in [-0.2, 0) is 35.1 Å². The van der Waals surface area contributed by atoms with Gasteiger partial charge in [-0.05, 0) is 97.3 Å². The second kappa shape index (κ2) is 24.7. The van der Waals surface area contributed by atoms with E-state index in [0.29, 0.717) is 34.7 Å². The molecule has 354 valence electrons. The van der Waals surface area contributed by atoms with Crippen molar-refractivity contribution in [3.63, 3.8) is 0 Å². The van der Waals surface area contributed by atoms with Crippen LogP contribution >= 0.6 is 32.9 Å². The van der Waals surface area contributed by atoms with Gasteiger partial charge in [0, 0.05) is 49.8 Å². The summed E-state index contributed by atoms with van der Waals surface area (Å²) >= 11 is 1.14. The van der Waals surface area contributed by atoms with Crippen molar-refractivity contribution in [2.45, 2.75) is 121 Å². The monoisotopic (exact) mass is 956 g/mol. The molecule has 20 heteroatoms. The number of esters is 1. The first kappa shape index (κ1) is 51.2. The lowest BCUT2D eigenvalue weighted by Gasteiger charge is -2.38. The summed E-state index contributed by atoms with van der Waals surface area (Å²) in [4.78, 5) is 92.4. The van der Waals surface area contributed by atoms with Crippen LogP contribution in [0.3, 0.4) is 0 Å². The predicted molar refractivity (Wildman–Crippen MR) is 248 cm³/mol. The fourth-order valence-corrected chi connectivity index (χ4v) is 10.7. The average Bonchev–Trinajstić information content (AvgIpc) is 3.79.